The molecule has 3 aromatic rings. The molecule has 2 aromatic carbocycles. The Morgan fingerprint density at radius 1 is 1.31 bits per heavy atom. The lowest BCUT2D eigenvalue weighted by Crippen LogP contribution is -2.16. The normalized spacial score (nSPS) is 10.7. The molecule has 0 radical (unpaired) electrons. The largest absolute Gasteiger partial charge is 0.490 e. The minimum absolute atomic E-state index is 0.102. The molecule has 8 heteroatoms. The van der Waals surface area contributed by atoms with E-state index in [-0.39, 0.29) is 17.0 Å². The second-order valence-corrected chi connectivity index (χ2v) is 5.67. The zero-order valence-electron chi connectivity index (χ0n) is 14.4. The van der Waals surface area contributed by atoms with Crippen molar-refractivity contribution in [2.75, 3.05) is 12.4 Å². The summed E-state index contributed by atoms with van der Waals surface area (Å²) in [6.07, 6.45) is 0.872. The van der Waals surface area contributed by atoms with Crippen molar-refractivity contribution < 1.29 is 14.5 Å². The minimum atomic E-state index is -0.581. The molecule has 0 aliphatic carbocycles. The van der Waals surface area contributed by atoms with Gasteiger partial charge in [-0.05, 0) is 30.7 Å². The van der Waals surface area contributed by atoms with E-state index < -0.39 is 10.8 Å². The fraction of sp³-hybridized carbons (Fsp3) is 0.222. The van der Waals surface area contributed by atoms with Crippen LogP contribution in [0, 0.1) is 10.1 Å². The smallest absolute Gasteiger partial charge is 0.311 e. The number of ether oxygens (including phenoxy) is 1. The first-order chi connectivity index (χ1) is 12.5. The highest BCUT2D eigenvalue weighted by atomic mass is 16.6. The number of carbonyl (C=O) groups excluding carboxylic acids is 1. The van der Waals surface area contributed by atoms with Crippen LogP contribution < -0.4 is 10.1 Å². The standard InChI is InChI=1S/C18H18N4O4/c1-3-10-21-14-7-5-4-6-13(14)19-18(21)20-17(23)12-8-9-16(26-2)15(11-12)22(24)25/h4-9,11H,3,10H2,1-2H3,(H,19,20,23). The second kappa shape index (κ2) is 7.22. The fourth-order valence-electron chi connectivity index (χ4n) is 2.77. The van der Waals surface area contributed by atoms with Crippen LogP contribution in [0.4, 0.5) is 11.6 Å². The number of aromatic nitrogens is 2. The monoisotopic (exact) mass is 354 g/mol. The van der Waals surface area contributed by atoms with Crippen LogP contribution in [0.1, 0.15) is 23.7 Å². The van der Waals surface area contributed by atoms with Gasteiger partial charge in [-0.1, -0.05) is 19.1 Å². The van der Waals surface area contributed by atoms with Crippen molar-refractivity contribution in [2.45, 2.75) is 19.9 Å². The predicted molar refractivity (Wildman–Crippen MR) is 97.6 cm³/mol. The molecule has 0 aliphatic rings. The van der Waals surface area contributed by atoms with Gasteiger partial charge in [-0.15, -0.1) is 0 Å². The SMILES string of the molecule is CCCn1c(NC(=O)c2ccc(OC)c([N+](=O)[O-])c2)nc2ccccc21. The average Bonchev–Trinajstić information content (AvgIpc) is 2.98. The van der Waals surface area contributed by atoms with E-state index in [0.29, 0.717) is 12.5 Å². The molecule has 3 rings (SSSR count). The molecule has 0 spiro atoms. The van der Waals surface area contributed by atoms with Gasteiger partial charge in [0.05, 0.1) is 23.1 Å². The van der Waals surface area contributed by atoms with Crippen LogP contribution >= 0.6 is 0 Å². The van der Waals surface area contributed by atoms with Gasteiger partial charge in [0.2, 0.25) is 5.95 Å². The van der Waals surface area contributed by atoms with Crippen molar-refractivity contribution in [3.05, 3.63) is 58.1 Å². The minimum Gasteiger partial charge on any atom is -0.490 e. The van der Waals surface area contributed by atoms with Crippen LogP contribution in [-0.2, 0) is 6.54 Å². The highest BCUT2D eigenvalue weighted by Gasteiger charge is 2.20. The quantitative estimate of drug-likeness (QED) is 0.538. The lowest BCUT2D eigenvalue weighted by molar-refractivity contribution is -0.385. The van der Waals surface area contributed by atoms with E-state index in [2.05, 4.69) is 10.3 Å². The Balaban J connectivity index is 1.95. The summed E-state index contributed by atoms with van der Waals surface area (Å²) >= 11 is 0. The summed E-state index contributed by atoms with van der Waals surface area (Å²) < 4.78 is 6.88. The number of anilines is 1. The van der Waals surface area contributed by atoms with Gasteiger partial charge in [0.25, 0.3) is 5.91 Å². The molecule has 1 heterocycles. The lowest BCUT2D eigenvalue weighted by atomic mass is 10.1. The van der Waals surface area contributed by atoms with Crippen LogP contribution in [-0.4, -0.2) is 27.5 Å². The number of amides is 1. The summed E-state index contributed by atoms with van der Waals surface area (Å²) in [6.45, 7) is 2.73. The van der Waals surface area contributed by atoms with E-state index in [1.807, 2.05) is 35.8 Å². The Hall–Kier alpha value is -3.42. The molecule has 0 saturated carbocycles. The summed E-state index contributed by atoms with van der Waals surface area (Å²) in [5, 5.41) is 13.9. The number of methoxy groups -OCH3 is 1. The van der Waals surface area contributed by atoms with E-state index in [0.717, 1.165) is 17.5 Å². The van der Waals surface area contributed by atoms with Gasteiger partial charge in [0.15, 0.2) is 5.75 Å². The number of carbonyl (C=O) groups is 1. The summed E-state index contributed by atoms with van der Waals surface area (Å²) in [5.74, 6) is 0.0460. The number of aryl methyl sites for hydroxylation is 1. The first kappa shape index (κ1) is 17.4. The van der Waals surface area contributed by atoms with Crippen LogP contribution in [0.15, 0.2) is 42.5 Å². The summed E-state index contributed by atoms with van der Waals surface area (Å²) in [4.78, 5) is 27.6. The average molecular weight is 354 g/mol. The zero-order valence-corrected chi connectivity index (χ0v) is 14.4. The highest BCUT2D eigenvalue weighted by molar-refractivity contribution is 6.04. The van der Waals surface area contributed by atoms with Gasteiger partial charge < -0.3 is 9.30 Å². The Labute approximate surface area is 149 Å². The van der Waals surface area contributed by atoms with E-state index in [9.17, 15) is 14.9 Å². The number of benzene rings is 2. The van der Waals surface area contributed by atoms with Gasteiger partial charge in [0.1, 0.15) is 0 Å². The van der Waals surface area contributed by atoms with Crippen LogP contribution in [0.25, 0.3) is 11.0 Å². The van der Waals surface area contributed by atoms with Crippen molar-refractivity contribution >= 4 is 28.6 Å². The number of hydrogen-bond donors (Lipinski definition) is 1. The summed E-state index contributed by atoms with van der Waals surface area (Å²) in [7, 11) is 1.34. The Morgan fingerprint density at radius 2 is 2.08 bits per heavy atom. The van der Waals surface area contributed by atoms with Crippen molar-refractivity contribution in [2.24, 2.45) is 0 Å². The van der Waals surface area contributed by atoms with E-state index in [1.165, 1.54) is 25.3 Å². The number of nitro benzene ring substituents is 1. The van der Waals surface area contributed by atoms with E-state index in [1.54, 1.807) is 0 Å². The van der Waals surface area contributed by atoms with Gasteiger partial charge in [-0.2, -0.15) is 0 Å². The summed E-state index contributed by atoms with van der Waals surface area (Å²) in [6, 6.07) is 11.7. The molecule has 0 unspecified atom stereocenters. The Bertz CT molecular complexity index is 980. The number of imidazole rings is 1. The number of nitro groups is 1. The fourth-order valence-corrected chi connectivity index (χ4v) is 2.77. The molecule has 0 fully saturated rings. The molecule has 1 N–H and O–H groups in total. The zero-order chi connectivity index (χ0) is 18.7. The molecule has 0 aliphatic heterocycles. The molecule has 1 amide bonds. The molecule has 134 valence electrons. The third kappa shape index (κ3) is 3.21. The molecule has 8 nitrogen and oxygen atoms in total. The molecular formula is C18H18N4O4. The molecule has 0 saturated heterocycles. The van der Waals surface area contributed by atoms with Crippen molar-refractivity contribution in [1.82, 2.24) is 9.55 Å². The van der Waals surface area contributed by atoms with Crippen molar-refractivity contribution in [3.8, 4) is 5.75 Å². The first-order valence-corrected chi connectivity index (χ1v) is 8.14. The van der Waals surface area contributed by atoms with Crippen LogP contribution in [0.5, 0.6) is 5.75 Å². The number of nitrogens with zero attached hydrogens (tertiary/aromatic N) is 3. The van der Waals surface area contributed by atoms with Gasteiger partial charge >= 0.3 is 5.69 Å². The third-order valence-corrected chi connectivity index (χ3v) is 3.96. The predicted octanol–water partition coefficient (Wildman–Crippen LogP) is 3.62. The maximum absolute atomic E-state index is 12.6. The first-order valence-electron chi connectivity index (χ1n) is 8.14. The molecule has 1 aromatic heterocycles. The number of para-hydroxylation sites is 2. The molecule has 26 heavy (non-hydrogen) atoms. The van der Waals surface area contributed by atoms with Crippen LogP contribution in [0.3, 0.4) is 0 Å². The van der Waals surface area contributed by atoms with Crippen molar-refractivity contribution in [1.29, 1.82) is 0 Å². The maximum Gasteiger partial charge on any atom is 0.311 e. The van der Waals surface area contributed by atoms with Gasteiger partial charge in [-0.25, -0.2) is 4.98 Å². The lowest BCUT2D eigenvalue weighted by Gasteiger charge is -2.09. The van der Waals surface area contributed by atoms with E-state index >= 15 is 0 Å². The van der Waals surface area contributed by atoms with Gasteiger partial charge in [-0.3, -0.25) is 20.2 Å². The Kier molecular flexibility index (Phi) is 4.83. The van der Waals surface area contributed by atoms with Crippen molar-refractivity contribution in [3.63, 3.8) is 0 Å². The topological polar surface area (TPSA) is 99.3 Å². The highest BCUT2D eigenvalue weighted by Crippen LogP contribution is 2.28. The number of fused-ring (bicyclic) bond motifs is 1. The summed E-state index contributed by atoms with van der Waals surface area (Å²) in [5.41, 5.74) is 1.59. The number of rotatable bonds is 6. The molecular weight excluding hydrogens is 336 g/mol. The number of nitrogens with one attached hydrogen (secondary N) is 1. The maximum atomic E-state index is 12.6. The number of hydrogen-bond acceptors (Lipinski definition) is 5. The molecule has 0 bridgehead atoms. The third-order valence-electron chi connectivity index (χ3n) is 3.96. The van der Waals surface area contributed by atoms with E-state index in [4.69, 9.17) is 4.74 Å². The van der Waals surface area contributed by atoms with Gasteiger partial charge in [0, 0.05) is 18.2 Å². The Morgan fingerprint density at radius 3 is 2.77 bits per heavy atom. The second-order valence-electron chi connectivity index (χ2n) is 5.67. The van der Waals surface area contributed by atoms with Crippen LogP contribution in [0.2, 0.25) is 0 Å². The molecule has 0 atom stereocenters.